The molecule has 0 radical (unpaired) electrons. The maximum Gasteiger partial charge on any atom is 0.126 e. The number of anilines is 1. The number of pyridine rings is 1. The summed E-state index contributed by atoms with van der Waals surface area (Å²) in [6.07, 6.45) is 1.78. The van der Waals surface area contributed by atoms with Crippen LogP contribution in [-0.2, 0) is 0 Å². The molecule has 0 saturated heterocycles. The number of nitrogens with two attached hydrogens (primary N) is 1. The van der Waals surface area contributed by atoms with Gasteiger partial charge in [0.2, 0.25) is 0 Å². The van der Waals surface area contributed by atoms with Crippen molar-refractivity contribution < 1.29 is 0 Å². The highest BCUT2D eigenvalue weighted by Gasteiger charge is 2.09. The first kappa shape index (κ1) is 11.0. The van der Waals surface area contributed by atoms with Gasteiger partial charge in [-0.1, -0.05) is 29.8 Å². The summed E-state index contributed by atoms with van der Waals surface area (Å²) >= 11 is 6.16. The second-order valence-corrected chi connectivity index (χ2v) is 4.19. The maximum atomic E-state index is 6.16. The minimum Gasteiger partial charge on any atom is -0.383 e. The van der Waals surface area contributed by atoms with Crippen LogP contribution in [-0.4, -0.2) is 4.98 Å². The van der Waals surface area contributed by atoms with Gasteiger partial charge in [-0.3, -0.25) is 0 Å². The fourth-order valence-corrected chi connectivity index (χ4v) is 1.91. The zero-order chi connectivity index (χ0) is 11.7. The van der Waals surface area contributed by atoms with E-state index >= 15 is 0 Å². The average Bonchev–Trinajstić information content (AvgIpc) is 2.28. The summed E-state index contributed by atoms with van der Waals surface area (Å²) in [6, 6.07) is 7.75. The molecule has 0 aliphatic heterocycles. The lowest BCUT2D eigenvalue weighted by molar-refractivity contribution is 1.23. The largest absolute Gasteiger partial charge is 0.383 e. The summed E-state index contributed by atoms with van der Waals surface area (Å²) in [7, 11) is 0. The summed E-state index contributed by atoms with van der Waals surface area (Å²) in [6.45, 7) is 4.00. The van der Waals surface area contributed by atoms with Crippen LogP contribution in [0.15, 0.2) is 30.5 Å². The monoisotopic (exact) mass is 232 g/mol. The molecule has 0 fully saturated rings. The van der Waals surface area contributed by atoms with Crippen molar-refractivity contribution in [2.75, 3.05) is 5.73 Å². The van der Waals surface area contributed by atoms with E-state index < -0.39 is 0 Å². The summed E-state index contributed by atoms with van der Waals surface area (Å²) in [5.74, 6) is 0.577. The lowest BCUT2D eigenvalue weighted by Gasteiger charge is -2.11. The third-order valence-corrected chi connectivity index (χ3v) is 3.18. The molecule has 1 aromatic heterocycles. The molecule has 0 saturated carbocycles. The van der Waals surface area contributed by atoms with Gasteiger partial charge in [0.1, 0.15) is 5.82 Å². The number of halogens is 1. The van der Waals surface area contributed by atoms with Gasteiger partial charge < -0.3 is 5.73 Å². The van der Waals surface area contributed by atoms with Crippen molar-refractivity contribution >= 4 is 17.4 Å². The molecular weight excluding hydrogens is 220 g/mol. The number of hydrogen-bond donors (Lipinski definition) is 1. The Balaban J connectivity index is 2.66. The third-order valence-electron chi connectivity index (χ3n) is 2.85. The molecule has 0 aliphatic carbocycles. The summed E-state index contributed by atoms with van der Waals surface area (Å²) in [4.78, 5) is 4.18. The van der Waals surface area contributed by atoms with E-state index in [4.69, 9.17) is 17.3 Å². The Morgan fingerprint density at radius 1 is 1.06 bits per heavy atom. The van der Waals surface area contributed by atoms with Crippen LogP contribution in [0.3, 0.4) is 0 Å². The van der Waals surface area contributed by atoms with Crippen molar-refractivity contribution in [2.45, 2.75) is 13.8 Å². The fourth-order valence-electron chi connectivity index (χ4n) is 1.67. The van der Waals surface area contributed by atoms with E-state index in [9.17, 15) is 0 Å². The molecule has 0 bridgehead atoms. The second kappa shape index (κ2) is 4.14. The quantitative estimate of drug-likeness (QED) is 0.816. The molecule has 1 aromatic carbocycles. The van der Waals surface area contributed by atoms with Crippen LogP contribution in [0, 0.1) is 13.8 Å². The first-order valence-electron chi connectivity index (χ1n) is 5.08. The standard InChI is InChI=1S/C13H13ClN2/c1-8-9(2)13(15)16-7-11(8)10-5-3-4-6-12(10)14/h3-7H,1-2H3,(H2,15,16). The lowest BCUT2D eigenvalue weighted by Crippen LogP contribution is -1.98. The van der Waals surface area contributed by atoms with Crippen LogP contribution >= 0.6 is 11.6 Å². The van der Waals surface area contributed by atoms with E-state index in [1.807, 2.05) is 38.1 Å². The Labute approximate surface area is 100 Å². The Morgan fingerprint density at radius 2 is 1.75 bits per heavy atom. The predicted molar refractivity (Wildman–Crippen MR) is 68.6 cm³/mol. The van der Waals surface area contributed by atoms with Crippen LogP contribution in [0.1, 0.15) is 11.1 Å². The van der Waals surface area contributed by atoms with Crippen LogP contribution < -0.4 is 5.73 Å². The molecule has 2 aromatic rings. The van der Waals surface area contributed by atoms with Crippen LogP contribution in [0.2, 0.25) is 5.02 Å². The van der Waals surface area contributed by atoms with Crippen molar-refractivity contribution in [2.24, 2.45) is 0 Å². The molecule has 0 spiro atoms. The molecule has 82 valence electrons. The van der Waals surface area contributed by atoms with E-state index in [0.29, 0.717) is 5.82 Å². The molecule has 0 aliphatic rings. The van der Waals surface area contributed by atoms with E-state index in [1.165, 1.54) is 0 Å². The summed E-state index contributed by atoms with van der Waals surface area (Å²) in [5, 5.41) is 0.733. The van der Waals surface area contributed by atoms with Crippen LogP contribution in [0.4, 0.5) is 5.82 Å². The Morgan fingerprint density at radius 3 is 2.44 bits per heavy atom. The minimum atomic E-state index is 0.577. The number of nitrogens with zero attached hydrogens (tertiary/aromatic N) is 1. The highest BCUT2D eigenvalue weighted by molar-refractivity contribution is 6.33. The van der Waals surface area contributed by atoms with Gasteiger partial charge in [0.25, 0.3) is 0 Å². The van der Waals surface area contributed by atoms with Crippen molar-refractivity contribution in [3.63, 3.8) is 0 Å². The molecular formula is C13H13ClN2. The Bertz CT molecular complexity index is 535. The van der Waals surface area contributed by atoms with Crippen LogP contribution in [0.25, 0.3) is 11.1 Å². The van der Waals surface area contributed by atoms with Crippen molar-refractivity contribution in [1.82, 2.24) is 4.98 Å². The van der Waals surface area contributed by atoms with Gasteiger partial charge in [-0.05, 0) is 31.0 Å². The number of aromatic nitrogens is 1. The molecule has 2 N–H and O–H groups in total. The van der Waals surface area contributed by atoms with E-state index in [2.05, 4.69) is 4.98 Å². The second-order valence-electron chi connectivity index (χ2n) is 3.79. The summed E-state index contributed by atoms with van der Waals surface area (Å²) in [5.41, 5.74) is 9.94. The molecule has 1 heterocycles. The Hall–Kier alpha value is -1.54. The molecule has 0 unspecified atom stereocenters. The van der Waals surface area contributed by atoms with Gasteiger partial charge in [0, 0.05) is 22.3 Å². The average molecular weight is 233 g/mol. The van der Waals surface area contributed by atoms with Crippen molar-refractivity contribution in [3.8, 4) is 11.1 Å². The topological polar surface area (TPSA) is 38.9 Å². The van der Waals surface area contributed by atoms with Crippen molar-refractivity contribution in [3.05, 3.63) is 46.6 Å². The van der Waals surface area contributed by atoms with Gasteiger partial charge in [0.15, 0.2) is 0 Å². The highest BCUT2D eigenvalue weighted by atomic mass is 35.5. The Kier molecular flexibility index (Phi) is 2.84. The van der Waals surface area contributed by atoms with Gasteiger partial charge in [-0.25, -0.2) is 4.98 Å². The SMILES string of the molecule is Cc1c(-c2ccccc2Cl)cnc(N)c1C. The zero-order valence-corrected chi connectivity index (χ0v) is 10.0. The first-order valence-corrected chi connectivity index (χ1v) is 5.45. The molecule has 0 amide bonds. The predicted octanol–water partition coefficient (Wildman–Crippen LogP) is 3.60. The molecule has 0 atom stereocenters. The van der Waals surface area contributed by atoms with Gasteiger partial charge in [-0.2, -0.15) is 0 Å². The van der Waals surface area contributed by atoms with E-state index in [0.717, 1.165) is 27.3 Å². The number of nitrogen functional groups attached to an aromatic ring is 1. The third kappa shape index (κ3) is 1.76. The molecule has 2 nitrogen and oxygen atoms in total. The van der Waals surface area contributed by atoms with E-state index in [-0.39, 0.29) is 0 Å². The van der Waals surface area contributed by atoms with Crippen molar-refractivity contribution in [1.29, 1.82) is 0 Å². The normalized spacial score (nSPS) is 10.4. The highest BCUT2D eigenvalue weighted by Crippen LogP contribution is 2.31. The number of benzene rings is 1. The van der Waals surface area contributed by atoms with Gasteiger partial charge in [-0.15, -0.1) is 0 Å². The number of rotatable bonds is 1. The van der Waals surface area contributed by atoms with Gasteiger partial charge >= 0.3 is 0 Å². The van der Waals surface area contributed by atoms with Gasteiger partial charge in [0.05, 0.1) is 0 Å². The lowest BCUT2D eigenvalue weighted by atomic mass is 9.99. The first-order chi connectivity index (χ1) is 7.61. The van der Waals surface area contributed by atoms with E-state index in [1.54, 1.807) is 6.20 Å². The molecule has 16 heavy (non-hydrogen) atoms. The number of hydrogen-bond acceptors (Lipinski definition) is 2. The molecule has 3 heteroatoms. The zero-order valence-electron chi connectivity index (χ0n) is 9.29. The minimum absolute atomic E-state index is 0.577. The fraction of sp³-hybridized carbons (Fsp3) is 0.154. The summed E-state index contributed by atoms with van der Waals surface area (Å²) < 4.78 is 0. The van der Waals surface area contributed by atoms with Crippen LogP contribution in [0.5, 0.6) is 0 Å². The maximum absolute atomic E-state index is 6.16. The molecule has 2 rings (SSSR count). The smallest absolute Gasteiger partial charge is 0.126 e.